The first kappa shape index (κ1) is 15.1. The van der Waals surface area contributed by atoms with Crippen LogP contribution in [0, 0.1) is 0 Å². The zero-order chi connectivity index (χ0) is 13.8. The molecule has 18 heavy (non-hydrogen) atoms. The van der Waals surface area contributed by atoms with Crippen LogP contribution in [-0.4, -0.2) is 52.6 Å². The molecule has 1 unspecified atom stereocenters. The number of hydrogen-bond acceptors (Lipinski definition) is 4. The van der Waals surface area contributed by atoms with Gasteiger partial charge in [0.1, 0.15) is 0 Å². The quantitative estimate of drug-likeness (QED) is 0.739. The summed E-state index contributed by atoms with van der Waals surface area (Å²) >= 11 is 0. The normalized spacial score (nSPS) is 15.1. The molecule has 0 spiro atoms. The summed E-state index contributed by atoms with van der Waals surface area (Å²) in [6.45, 7) is 5.93. The van der Waals surface area contributed by atoms with E-state index in [1.807, 2.05) is 43.8 Å². The van der Waals surface area contributed by atoms with Gasteiger partial charge in [0.2, 0.25) is 0 Å². The van der Waals surface area contributed by atoms with Crippen molar-refractivity contribution in [3.63, 3.8) is 0 Å². The SMILES string of the molecule is CCc1nn(C)cc1CNCC(C)(O)CN(C)C. The molecule has 5 nitrogen and oxygen atoms in total. The largest absolute Gasteiger partial charge is 0.388 e. The minimum Gasteiger partial charge on any atom is -0.388 e. The molecule has 0 aromatic carbocycles. The lowest BCUT2D eigenvalue weighted by molar-refractivity contribution is 0.0336. The molecular weight excluding hydrogens is 228 g/mol. The maximum absolute atomic E-state index is 10.2. The fourth-order valence-corrected chi connectivity index (χ4v) is 2.23. The summed E-state index contributed by atoms with van der Waals surface area (Å²) in [5, 5.41) is 17.9. The second-order valence-corrected chi connectivity index (χ2v) is 5.47. The van der Waals surface area contributed by atoms with Crippen LogP contribution in [0.1, 0.15) is 25.1 Å². The highest BCUT2D eigenvalue weighted by Crippen LogP contribution is 2.08. The lowest BCUT2D eigenvalue weighted by atomic mass is 10.1. The molecule has 0 amide bonds. The Morgan fingerprint density at radius 1 is 1.50 bits per heavy atom. The first-order valence-corrected chi connectivity index (χ1v) is 6.43. The van der Waals surface area contributed by atoms with E-state index >= 15 is 0 Å². The monoisotopic (exact) mass is 254 g/mol. The predicted molar refractivity (Wildman–Crippen MR) is 73.5 cm³/mol. The topological polar surface area (TPSA) is 53.3 Å². The van der Waals surface area contributed by atoms with Gasteiger partial charge >= 0.3 is 0 Å². The van der Waals surface area contributed by atoms with Gasteiger partial charge < -0.3 is 15.3 Å². The van der Waals surface area contributed by atoms with Crippen molar-refractivity contribution < 1.29 is 5.11 Å². The van der Waals surface area contributed by atoms with Crippen LogP contribution >= 0.6 is 0 Å². The Morgan fingerprint density at radius 3 is 2.72 bits per heavy atom. The molecule has 0 saturated carbocycles. The molecule has 0 aliphatic rings. The molecule has 1 heterocycles. The van der Waals surface area contributed by atoms with Crippen LogP contribution in [0.3, 0.4) is 0 Å². The maximum atomic E-state index is 10.2. The van der Waals surface area contributed by atoms with Gasteiger partial charge in [0.25, 0.3) is 0 Å². The first-order chi connectivity index (χ1) is 8.34. The summed E-state index contributed by atoms with van der Waals surface area (Å²) in [4.78, 5) is 1.99. The minimum atomic E-state index is -0.710. The van der Waals surface area contributed by atoms with Gasteiger partial charge in [-0.1, -0.05) is 6.92 Å². The van der Waals surface area contributed by atoms with Gasteiger partial charge in [-0.15, -0.1) is 0 Å². The molecule has 1 rings (SSSR count). The lowest BCUT2D eigenvalue weighted by Crippen LogP contribution is -2.45. The Morgan fingerprint density at radius 2 is 2.17 bits per heavy atom. The number of aromatic nitrogens is 2. The molecule has 1 atom stereocenters. The average molecular weight is 254 g/mol. The van der Waals surface area contributed by atoms with Crippen molar-refractivity contribution in [3.05, 3.63) is 17.5 Å². The van der Waals surface area contributed by atoms with Crippen LogP contribution < -0.4 is 5.32 Å². The molecule has 2 N–H and O–H groups in total. The maximum Gasteiger partial charge on any atom is 0.0869 e. The van der Waals surface area contributed by atoms with Gasteiger partial charge in [0, 0.05) is 38.4 Å². The third-order valence-electron chi connectivity index (χ3n) is 2.80. The van der Waals surface area contributed by atoms with E-state index < -0.39 is 5.60 Å². The number of likely N-dealkylation sites (N-methyl/N-ethyl adjacent to an activating group) is 1. The minimum absolute atomic E-state index is 0.573. The zero-order valence-electron chi connectivity index (χ0n) is 12.2. The van der Waals surface area contributed by atoms with E-state index in [0.29, 0.717) is 13.1 Å². The van der Waals surface area contributed by atoms with Gasteiger partial charge in [-0.25, -0.2) is 0 Å². The third-order valence-corrected chi connectivity index (χ3v) is 2.80. The molecule has 1 aromatic heterocycles. The first-order valence-electron chi connectivity index (χ1n) is 6.43. The molecule has 104 valence electrons. The highest BCUT2D eigenvalue weighted by atomic mass is 16.3. The Labute approximate surface area is 110 Å². The highest BCUT2D eigenvalue weighted by Gasteiger charge is 2.20. The van der Waals surface area contributed by atoms with E-state index in [9.17, 15) is 5.11 Å². The fraction of sp³-hybridized carbons (Fsp3) is 0.769. The number of nitrogens with one attached hydrogen (secondary N) is 1. The van der Waals surface area contributed by atoms with E-state index in [1.165, 1.54) is 5.56 Å². The second kappa shape index (κ2) is 6.31. The lowest BCUT2D eigenvalue weighted by Gasteiger charge is -2.27. The van der Waals surface area contributed by atoms with E-state index in [1.54, 1.807) is 0 Å². The van der Waals surface area contributed by atoms with E-state index in [0.717, 1.165) is 18.7 Å². The highest BCUT2D eigenvalue weighted by molar-refractivity contribution is 5.16. The van der Waals surface area contributed by atoms with Crippen molar-refractivity contribution in [2.45, 2.75) is 32.4 Å². The standard InChI is InChI=1S/C13H26N4O/c1-6-12-11(8-17(5)15-12)7-14-9-13(2,18)10-16(3)4/h8,14,18H,6-7,9-10H2,1-5H3. The smallest absolute Gasteiger partial charge is 0.0869 e. The Balaban J connectivity index is 2.45. The summed E-state index contributed by atoms with van der Waals surface area (Å²) in [6, 6.07) is 0. The number of hydrogen-bond donors (Lipinski definition) is 2. The van der Waals surface area contributed by atoms with Crippen molar-refractivity contribution in [2.24, 2.45) is 7.05 Å². The van der Waals surface area contributed by atoms with E-state index in [4.69, 9.17) is 0 Å². The van der Waals surface area contributed by atoms with Crippen molar-refractivity contribution >= 4 is 0 Å². The third kappa shape index (κ3) is 4.76. The molecule has 0 aliphatic heterocycles. The fourth-order valence-electron chi connectivity index (χ4n) is 2.23. The molecule has 0 fully saturated rings. The number of aliphatic hydroxyl groups is 1. The number of rotatable bonds is 7. The van der Waals surface area contributed by atoms with Crippen LogP contribution in [0.5, 0.6) is 0 Å². The molecule has 5 heteroatoms. The Kier molecular flexibility index (Phi) is 5.31. The van der Waals surface area contributed by atoms with Crippen LogP contribution in [0.15, 0.2) is 6.20 Å². The van der Waals surface area contributed by atoms with Crippen LogP contribution in [-0.2, 0) is 20.0 Å². The van der Waals surface area contributed by atoms with Gasteiger partial charge in [0.05, 0.1) is 11.3 Å². The molecule has 0 aliphatic carbocycles. The van der Waals surface area contributed by atoms with Crippen molar-refractivity contribution in [3.8, 4) is 0 Å². The van der Waals surface area contributed by atoms with Crippen molar-refractivity contribution in [1.82, 2.24) is 20.0 Å². The summed E-state index contributed by atoms with van der Waals surface area (Å²) in [6.07, 6.45) is 2.97. The van der Waals surface area contributed by atoms with Crippen molar-refractivity contribution in [1.29, 1.82) is 0 Å². The van der Waals surface area contributed by atoms with Crippen LogP contribution in [0.25, 0.3) is 0 Å². The average Bonchev–Trinajstić information content (AvgIpc) is 2.56. The Bertz CT molecular complexity index is 371. The number of nitrogens with zero attached hydrogens (tertiary/aromatic N) is 3. The molecular formula is C13H26N4O. The molecule has 0 bridgehead atoms. The van der Waals surface area contributed by atoms with Gasteiger partial charge in [-0.3, -0.25) is 4.68 Å². The predicted octanol–water partition coefficient (Wildman–Crippen LogP) is 0.385. The molecule has 1 aromatic rings. The molecule has 0 saturated heterocycles. The summed E-state index contributed by atoms with van der Waals surface area (Å²) in [7, 11) is 5.86. The summed E-state index contributed by atoms with van der Waals surface area (Å²) in [5.74, 6) is 0. The van der Waals surface area contributed by atoms with E-state index in [2.05, 4.69) is 17.3 Å². The number of aryl methyl sites for hydroxylation is 2. The summed E-state index contributed by atoms with van der Waals surface area (Å²) < 4.78 is 1.84. The van der Waals surface area contributed by atoms with Gasteiger partial charge in [-0.2, -0.15) is 5.10 Å². The summed E-state index contributed by atoms with van der Waals surface area (Å²) in [5.41, 5.74) is 1.62. The Hall–Kier alpha value is -0.910. The zero-order valence-corrected chi connectivity index (χ0v) is 12.2. The van der Waals surface area contributed by atoms with Crippen molar-refractivity contribution in [2.75, 3.05) is 27.2 Å². The van der Waals surface area contributed by atoms with E-state index in [-0.39, 0.29) is 0 Å². The van der Waals surface area contributed by atoms with Crippen LogP contribution in [0.4, 0.5) is 0 Å². The molecule has 0 radical (unpaired) electrons. The second-order valence-electron chi connectivity index (χ2n) is 5.47. The van der Waals surface area contributed by atoms with Gasteiger partial charge in [-0.05, 0) is 27.4 Å². The van der Waals surface area contributed by atoms with Gasteiger partial charge in [0.15, 0.2) is 0 Å². The van der Waals surface area contributed by atoms with Crippen LogP contribution in [0.2, 0.25) is 0 Å².